The van der Waals surface area contributed by atoms with Crippen LogP contribution in [0.3, 0.4) is 0 Å². The van der Waals surface area contributed by atoms with Crippen molar-refractivity contribution in [1.82, 2.24) is 14.7 Å². The number of likely N-dealkylation sites (N-methyl/N-ethyl adjacent to an activating group) is 1. The summed E-state index contributed by atoms with van der Waals surface area (Å²) in [6, 6.07) is 0. The van der Waals surface area contributed by atoms with E-state index in [4.69, 9.17) is 4.74 Å². The maximum absolute atomic E-state index is 12.2. The van der Waals surface area contributed by atoms with Crippen molar-refractivity contribution in [2.45, 2.75) is 19.4 Å². The summed E-state index contributed by atoms with van der Waals surface area (Å²) in [5.74, 6) is 0.502. The topological polar surface area (TPSA) is 59.4 Å². The summed E-state index contributed by atoms with van der Waals surface area (Å²) in [5, 5.41) is 7.53. The first-order chi connectivity index (χ1) is 10.1. The van der Waals surface area contributed by atoms with Gasteiger partial charge in [0.1, 0.15) is 4.47 Å². The van der Waals surface area contributed by atoms with Crippen LogP contribution in [0.25, 0.3) is 0 Å². The van der Waals surface area contributed by atoms with Gasteiger partial charge in [-0.1, -0.05) is 0 Å². The van der Waals surface area contributed by atoms with Crippen molar-refractivity contribution in [2.75, 3.05) is 45.7 Å². The van der Waals surface area contributed by atoms with Crippen molar-refractivity contribution in [3.05, 3.63) is 21.0 Å². The molecule has 2 heterocycles. The molecule has 0 spiro atoms. The molecule has 0 amide bonds. The van der Waals surface area contributed by atoms with Gasteiger partial charge in [0, 0.05) is 19.7 Å². The Kier molecular flexibility index (Phi) is 6.20. The predicted molar refractivity (Wildman–Crippen MR) is 86.8 cm³/mol. The molecule has 0 aromatic carbocycles. The highest BCUT2D eigenvalue weighted by Crippen LogP contribution is 2.19. The molecule has 118 valence electrons. The number of nitrogens with zero attached hydrogens (tertiary/aromatic N) is 3. The van der Waals surface area contributed by atoms with Gasteiger partial charge < -0.3 is 15.0 Å². The fourth-order valence-corrected chi connectivity index (χ4v) is 2.71. The van der Waals surface area contributed by atoms with Crippen molar-refractivity contribution >= 4 is 21.6 Å². The molecule has 0 saturated carbocycles. The summed E-state index contributed by atoms with van der Waals surface area (Å²) in [6.45, 7) is 3.83. The van der Waals surface area contributed by atoms with Crippen LogP contribution in [-0.2, 0) is 11.3 Å². The molecule has 1 saturated heterocycles. The van der Waals surface area contributed by atoms with E-state index in [1.165, 1.54) is 4.68 Å². The average Bonchev–Trinajstić information content (AvgIpc) is 2.48. The second-order valence-electron chi connectivity index (χ2n) is 5.67. The highest BCUT2D eigenvalue weighted by molar-refractivity contribution is 9.10. The molecule has 1 fully saturated rings. The van der Waals surface area contributed by atoms with Crippen LogP contribution in [0.1, 0.15) is 12.8 Å². The quantitative estimate of drug-likeness (QED) is 0.832. The van der Waals surface area contributed by atoms with Crippen LogP contribution in [-0.4, -0.2) is 55.1 Å². The minimum absolute atomic E-state index is 0.0956. The lowest BCUT2D eigenvalue weighted by molar-refractivity contribution is 0.0595. The van der Waals surface area contributed by atoms with E-state index >= 15 is 0 Å². The highest BCUT2D eigenvalue weighted by atomic mass is 79.9. The number of rotatable bonds is 6. The minimum atomic E-state index is -0.0956. The highest BCUT2D eigenvalue weighted by Gasteiger charge is 2.15. The molecular formula is C14H23BrN4O2. The maximum Gasteiger partial charge on any atom is 0.283 e. The SMILES string of the molecule is CN(C)CCn1ncc(NCC2CCCOC2)c(Br)c1=O. The van der Waals surface area contributed by atoms with Crippen molar-refractivity contribution in [2.24, 2.45) is 5.92 Å². The fraction of sp³-hybridized carbons (Fsp3) is 0.714. The van der Waals surface area contributed by atoms with Gasteiger partial charge in [0.2, 0.25) is 0 Å². The smallest absolute Gasteiger partial charge is 0.283 e. The van der Waals surface area contributed by atoms with Gasteiger partial charge in [-0.3, -0.25) is 4.79 Å². The molecule has 1 aromatic rings. The molecule has 21 heavy (non-hydrogen) atoms. The van der Waals surface area contributed by atoms with Gasteiger partial charge in [0.25, 0.3) is 5.56 Å². The number of hydrogen-bond acceptors (Lipinski definition) is 5. The summed E-state index contributed by atoms with van der Waals surface area (Å²) in [4.78, 5) is 14.2. The van der Waals surface area contributed by atoms with Gasteiger partial charge >= 0.3 is 0 Å². The molecule has 1 unspecified atom stereocenters. The molecule has 0 aliphatic carbocycles. The molecular weight excluding hydrogens is 336 g/mol. The first-order valence-electron chi connectivity index (χ1n) is 7.30. The second kappa shape index (κ2) is 7.91. The maximum atomic E-state index is 12.2. The lowest BCUT2D eigenvalue weighted by atomic mass is 10.0. The Labute approximate surface area is 133 Å². The molecule has 2 rings (SSSR count). The lowest BCUT2D eigenvalue weighted by Gasteiger charge is -2.23. The number of aromatic nitrogens is 2. The third kappa shape index (κ3) is 4.79. The van der Waals surface area contributed by atoms with Crippen molar-refractivity contribution in [3.8, 4) is 0 Å². The molecule has 0 radical (unpaired) electrons. The largest absolute Gasteiger partial charge is 0.382 e. The summed E-state index contributed by atoms with van der Waals surface area (Å²) in [5.41, 5.74) is 0.661. The van der Waals surface area contributed by atoms with Gasteiger partial charge in [0.15, 0.2) is 0 Å². The Morgan fingerprint density at radius 1 is 1.57 bits per heavy atom. The Balaban J connectivity index is 1.97. The van der Waals surface area contributed by atoms with Crippen molar-refractivity contribution in [1.29, 1.82) is 0 Å². The van der Waals surface area contributed by atoms with Crippen LogP contribution in [0.15, 0.2) is 15.5 Å². The molecule has 1 atom stereocenters. The Bertz CT molecular complexity index is 512. The van der Waals surface area contributed by atoms with Crippen LogP contribution in [0, 0.1) is 5.92 Å². The first-order valence-corrected chi connectivity index (χ1v) is 8.09. The zero-order valence-electron chi connectivity index (χ0n) is 12.6. The monoisotopic (exact) mass is 358 g/mol. The van der Waals surface area contributed by atoms with Crippen LogP contribution in [0.5, 0.6) is 0 Å². The van der Waals surface area contributed by atoms with Crippen molar-refractivity contribution < 1.29 is 4.74 Å². The van der Waals surface area contributed by atoms with E-state index in [0.29, 0.717) is 16.9 Å². The van der Waals surface area contributed by atoms with E-state index in [-0.39, 0.29) is 5.56 Å². The molecule has 1 aliphatic rings. The number of halogens is 1. The standard InChI is InChI=1S/C14H23BrN4O2/c1-18(2)5-6-19-14(20)13(15)12(9-17-19)16-8-11-4-3-7-21-10-11/h9,11,16H,3-8,10H2,1-2H3. The lowest BCUT2D eigenvalue weighted by Crippen LogP contribution is -2.30. The zero-order valence-corrected chi connectivity index (χ0v) is 14.2. The van der Waals surface area contributed by atoms with Gasteiger partial charge in [-0.25, -0.2) is 4.68 Å². The third-order valence-corrected chi connectivity index (χ3v) is 4.35. The van der Waals surface area contributed by atoms with Crippen LogP contribution < -0.4 is 10.9 Å². The third-order valence-electron chi connectivity index (χ3n) is 3.58. The van der Waals surface area contributed by atoms with E-state index in [2.05, 4.69) is 26.3 Å². The number of hydrogen-bond donors (Lipinski definition) is 1. The van der Waals surface area contributed by atoms with E-state index in [1.807, 2.05) is 19.0 Å². The molecule has 7 heteroatoms. The van der Waals surface area contributed by atoms with Gasteiger partial charge in [0.05, 0.1) is 25.0 Å². The molecule has 1 aliphatic heterocycles. The van der Waals surface area contributed by atoms with Crippen molar-refractivity contribution in [3.63, 3.8) is 0 Å². The zero-order chi connectivity index (χ0) is 15.2. The average molecular weight is 359 g/mol. The van der Waals surface area contributed by atoms with E-state index in [0.717, 1.165) is 44.8 Å². The number of anilines is 1. The normalized spacial score (nSPS) is 19.0. The summed E-state index contributed by atoms with van der Waals surface area (Å²) >= 11 is 3.38. The van der Waals surface area contributed by atoms with Gasteiger partial charge in [-0.15, -0.1) is 0 Å². The Morgan fingerprint density at radius 2 is 2.38 bits per heavy atom. The Hall–Kier alpha value is -0.920. The van der Waals surface area contributed by atoms with E-state index < -0.39 is 0 Å². The first kappa shape index (κ1) is 16.5. The Morgan fingerprint density at radius 3 is 3.05 bits per heavy atom. The number of nitrogens with one attached hydrogen (secondary N) is 1. The van der Waals surface area contributed by atoms with Crippen LogP contribution in [0.4, 0.5) is 5.69 Å². The molecule has 0 bridgehead atoms. The van der Waals surface area contributed by atoms with E-state index in [9.17, 15) is 4.79 Å². The molecule has 1 aromatic heterocycles. The van der Waals surface area contributed by atoms with E-state index in [1.54, 1.807) is 6.20 Å². The minimum Gasteiger partial charge on any atom is -0.382 e. The molecule has 6 nitrogen and oxygen atoms in total. The fourth-order valence-electron chi connectivity index (χ4n) is 2.26. The predicted octanol–water partition coefficient (Wildman–Crippen LogP) is 1.41. The molecule has 1 N–H and O–H groups in total. The van der Waals surface area contributed by atoms with Gasteiger partial charge in [-0.2, -0.15) is 5.10 Å². The van der Waals surface area contributed by atoms with Crippen LogP contribution in [0.2, 0.25) is 0 Å². The van der Waals surface area contributed by atoms with Crippen LogP contribution >= 0.6 is 15.9 Å². The summed E-state index contributed by atoms with van der Waals surface area (Å²) in [6.07, 6.45) is 3.99. The van der Waals surface area contributed by atoms with Gasteiger partial charge in [-0.05, 0) is 48.8 Å². The summed E-state index contributed by atoms with van der Waals surface area (Å²) in [7, 11) is 3.95. The second-order valence-corrected chi connectivity index (χ2v) is 6.46. The number of ether oxygens (including phenoxy) is 1. The summed E-state index contributed by atoms with van der Waals surface area (Å²) < 4.78 is 7.49.